The molecule has 0 aromatic carbocycles. The molecule has 0 radical (unpaired) electrons. The van der Waals surface area contributed by atoms with Crippen molar-refractivity contribution in [2.75, 3.05) is 18.0 Å². The molecule has 22 heavy (non-hydrogen) atoms. The van der Waals surface area contributed by atoms with Gasteiger partial charge >= 0.3 is 0 Å². The molecule has 3 aliphatic rings. The maximum Gasteiger partial charge on any atom is 0.225 e. The molecule has 1 amide bonds. The highest BCUT2D eigenvalue weighted by Crippen LogP contribution is 2.48. The first-order chi connectivity index (χ1) is 10.8. The van der Waals surface area contributed by atoms with Crippen molar-refractivity contribution in [1.29, 1.82) is 0 Å². The van der Waals surface area contributed by atoms with Crippen LogP contribution >= 0.6 is 0 Å². The lowest BCUT2D eigenvalue weighted by Crippen LogP contribution is -2.47. The summed E-state index contributed by atoms with van der Waals surface area (Å²) in [5, 5.41) is 3.31. The largest absolute Gasteiger partial charge is 0.353 e. The molecular formula is C17H24N4O. The average molecular weight is 300 g/mol. The van der Waals surface area contributed by atoms with E-state index >= 15 is 0 Å². The van der Waals surface area contributed by atoms with Gasteiger partial charge in [0.2, 0.25) is 11.9 Å². The van der Waals surface area contributed by atoms with Crippen LogP contribution in [-0.2, 0) is 4.79 Å². The van der Waals surface area contributed by atoms with Gasteiger partial charge < -0.3 is 10.2 Å². The number of fused-ring (bicyclic) bond motifs is 2. The number of nitrogens with one attached hydrogen (secondary N) is 1. The zero-order valence-electron chi connectivity index (χ0n) is 12.9. The van der Waals surface area contributed by atoms with Gasteiger partial charge in [-0.15, -0.1) is 0 Å². The smallest absolute Gasteiger partial charge is 0.225 e. The minimum Gasteiger partial charge on any atom is -0.353 e. The van der Waals surface area contributed by atoms with Crippen LogP contribution in [-0.4, -0.2) is 35.0 Å². The fraction of sp³-hybridized carbons (Fsp3) is 0.706. The molecule has 2 bridgehead atoms. The Morgan fingerprint density at radius 2 is 1.86 bits per heavy atom. The number of amides is 1. The maximum atomic E-state index is 12.5. The molecule has 1 N–H and O–H groups in total. The Labute approximate surface area is 131 Å². The summed E-state index contributed by atoms with van der Waals surface area (Å²) in [6, 6.07) is 2.16. The molecule has 1 aliphatic heterocycles. The third-order valence-electron chi connectivity index (χ3n) is 5.75. The Balaban J connectivity index is 1.28. The molecule has 3 atom stereocenters. The molecule has 3 fully saturated rings. The second-order valence-corrected chi connectivity index (χ2v) is 7.10. The highest BCUT2D eigenvalue weighted by atomic mass is 16.2. The van der Waals surface area contributed by atoms with E-state index in [9.17, 15) is 4.79 Å². The van der Waals surface area contributed by atoms with Crippen LogP contribution in [0.15, 0.2) is 18.5 Å². The van der Waals surface area contributed by atoms with Crippen LogP contribution in [0.5, 0.6) is 0 Å². The number of nitrogens with zero attached hydrogens (tertiary/aromatic N) is 3. The van der Waals surface area contributed by atoms with Gasteiger partial charge in [0.05, 0.1) is 0 Å². The summed E-state index contributed by atoms with van der Waals surface area (Å²) in [6.07, 6.45) is 10.6. The van der Waals surface area contributed by atoms with E-state index in [-0.39, 0.29) is 0 Å². The molecule has 5 nitrogen and oxygen atoms in total. The predicted molar refractivity (Wildman–Crippen MR) is 84.3 cm³/mol. The van der Waals surface area contributed by atoms with Crippen molar-refractivity contribution in [3.8, 4) is 0 Å². The molecule has 0 spiro atoms. The van der Waals surface area contributed by atoms with Crippen molar-refractivity contribution in [2.45, 2.75) is 44.6 Å². The second kappa shape index (κ2) is 5.86. The lowest BCUT2D eigenvalue weighted by molar-refractivity contribution is -0.127. The van der Waals surface area contributed by atoms with E-state index < -0.39 is 0 Å². The molecule has 5 heteroatoms. The van der Waals surface area contributed by atoms with Crippen LogP contribution in [0, 0.1) is 17.8 Å². The first-order valence-corrected chi connectivity index (χ1v) is 8.62. The number of rotatable bonds is 3. The SMILES string of the molecule is O=C(NC1CCN(c2ncccn2)CC1)C1CC2CCC1C2. The molecule has 3 unspecified atom stereocenters. The van der Waals surface area contributed by atoms with E-state index in [1.807, 2.05) is 6.07 Å². The van der Waals surface area contributed by atoms with Gasteiger partial charge in [0.15, 0.2) is 0 Å². The number of piperidine rings is 1. The molecular weight excluding hydrogens is 276 g/mol. The number of carbonyl (C=O) groups is 1. The maximum absolute atomic E-state index is 12.5. The molecule has 2 heterocycles. The average Bonchev–Trinajstić information content (AvgIpc) is 3.19. The van der Waals surface area contributed by atoms with Crippen LogP contribution in [0.2, 0.25) is 0 Å². The van der Waals surface area contributed by atoms with E-state index in [0.717, 1.165) is 44.2 Å². The standard InChI is InChI=1S/C17H24N4O/c22-16(15-11-12-2-3-13(15)10-12)20-14-4-8-21(9-5-14)17-18-6-1-7-19-17/h1,6-7,12-15H,2-5,8-11H2,(H,20,22). The van der Waals surface area contributed by atoms with Crippen molar-refractivity contribution in [1.82, 2.24) is 15.3 Å². The highest BCUT2D eigenvalue weighted by molar-refractivity contribution is 5.79. The van der Waals surface area contributed by atoms with Gasteiger partial charge in [0, 0.05) is 37.4 Å². The lowest BCUT2D eigenvalue weighted by atomic mass is 9.87. The molecule has 1 aromatic heterocycles. The highest BCUT2D eigenvalue weighted by Gasteiger charge is 2.43. The fourth-order valence-corrected chi connectivity index (χ4v) is 4.55. The van der Waals surface area contributed by atoms with Gasteiger partial charge in [-0.2, -0.15) is 0 Å². The lowest BCUT2D eigenvalue weighted by Gasteiger charge is -2.33. The quantitative estimate of drug-likeness (QED) is 0.927. The normalized spacial score (nSPS) is 31.5. The summed E-state index contributed by atoms with van der Waals surface area (Å²) < 4.78 is 0. The van der Waals surface area contributed by atoms with Gasteiger partial charge in [-0.1, -0.05) is 6.42 Å². The van der Waals surface area contributed by atoms with Gasteiger partial charge in [0.25, 0.3) is 0 Å². The monoisotopic (exact) mass is 300 g/mol. The predicted octanol–water partition coefficient (Wildman–Crippen LogP) is 2.00. The van der Waals surface area contributed by atoms with Gasteiger partial charge in [-0.3, -0.25) is 4.79 Å². The van der Waals surface area contributed by atoms with Crippen LogP contribution in [0.3, 0.4) is 0 Å². The molecule has 4 rings (SSSR count). The number of aromatic nitrogens is 2. The van der Waals surface area contributed by atoms with Crippen molar-refractivity contribution >= 4 is 11.9 Å². The first kappa shape index (κ1) is 14.0. The Hall–Kier alpha value is -1.65. The Kier molecular flexibility index (Phi) is 3.72. The molecule has 2 aliphatic carbocycles. The van der Waals surface area contributed by atoms with E-state index in [0.29, 0.717) is 23.8 Å². The second-order valence-electron chi connectivity index (χ2n) is 7.10. The van der Waals surface area contributed by atoms with E-state index in [1.165, 1.54) is 19.3 Å². The third kappa shape index (κ3) is 2.69. The minimum atomic E-state index is 0.300. The van der Waals surface area contributed by atoms with E-state index in [4.69, 9.17) is 0 Å². The third-order valence-corrected chi connectivity index (χ3v) is 5.75. The molecule has 118 valence electrons. The van der Waals surface area contributed by atoms with Crippen molar-refractivity contribution < 1.29 is 4.79 Å². The van der Waals surface area contributed by atoms with E-state index in [1.54, 1.807) is 12.4 Å². The van der Waals surface area contributed by atoms with Crippen molar-refractivity contribution in [3.63, 3.8) is 0 Å². The molecule has 1 aromatic rings. The van der Waals surface area contributed by atoms with Gasteiger partial charge in [0.1, 0.15) is 0 Å². The zero-order chi connectivity index (χ0) is 14.9. The van der Waals surface area contributed by atoms with Crippen LogP contribution < -0.4 is 10.2 Å². The molecule has 1 saturated heterocycles. The first-order valence-electron chi connectivity index (χ1n) is 8.62. The number of anilines is 1. The van der Waals surface area contributed by atoms with Crippen LogP contribution in [0.1, 0.15) is 38.5 Å². The Morgan fingerprint density at radius 1 is 1.09 bits per heavy atom. The summed E-state index contributed by atoms with van der Waals surface area (Å²) >= 11 is 0. The Morgan fingerprint density at radius 3 is 2.50 bits per heavy atom. The van der Waals surface area contributed by atoms with Crippen molar-refractivity contribution in [2.24, 2.45) is 17.8 Å². The summed E-state index contributed by atoms with van der Waals surface area (Å²) in [6.45, 7) is 1.84. The van der Waals surface area contributed by atoms with Gasteiger partial charge in [-0.05, 0) is 50.0 Å². The summed E-state index contributed by atoms with van der Waals surface area (Å²) in [5.41, 5.74) is 0. The van der Waals surface area contributed by atoms with E-state index in [2.05, 4.69) is 20.2 Å². The topological polar surface area (TPSA) is 58.1 Å². The number of hydrogen-bond donors (Lipinski definition) is 1. The summed E-state index contributed by atoms with van der Waals surface area (Å²) in [5.74, 6) is 2.93. The molecule has 2 saturated carbocycles. The zero-order valence-corrected chi connectivity index (χ0v) is 12.9. The van der Waals surface area contributed by atoms with Crippen LogP contribution in [0.25, 0.3) is 0 Å². The Bertz CT molecular complexity index is 527. The number of carbonyl (C=O) groups excluding carboxylic acids is 1. The fourth-order valence-electron chi connectivity index (χ4n) is 4.55. The minimum absolute atomic E-state index is 0.300. The number of hydrogen-bond acceptors (Lipinski definition) is 4. The van der Waals surface area contributed by atoms with Crippen molar-refractivity contribution in [3.05, 3.63) is 18.5 Å². The summed E-state index contributed by atoms with van der Waals surface area (Å²) in [4.78, 5) is 23.3. The van der Waals surface area contributed by atoms with Gasteiger partial charge in [-0.25, -0.2) is 9.97 Å². The summed E-state index contributed by atoms with van der Waals surface area (Å²) in [7, 11) is 0. The van der Waals surface area contributed by atoms with Crippen LogP contribution in [0.4, 0.5) is 5.95 Å².